The van der Waals surface area contributed by atoms with Crippen LogP contribution in [0, 0.1) is 0 Å². The van der Waals surface area contributed by atoms with Crippen LogP contribution >= 0.6 is 54.5 Å². The van der Waals surface area contributed by atoms with Crippen LogP contribution in [-0.4, -0.2) is 8.07 Å². The van der Waals surface area contributed by atoms with Crippen LogP contribution in [0.5, 0.6) is 0 Å². The molecule has 0 saturated heterocycles. The average molecular weight is 639 g/mol. The number of hydrogen-bond donors (Lipinski definition) is 0. The van der Waals surface area contributed by atoms with Gasteiger partial charge in [0.05, 0.1) is 8.07 Å². The quantitative estimate of drug-likeness (QED) is 0.195. The highest BCUT2D eigenvalue weighted by Crippen LogP contribution is 2.55. The van der Waals surface area contributed by atoms with Crippen LogP contribution in [-0.2, 0) is 0 Å². The maximum atomic E-state index is 3.93. The summed E-state index contributed by atoms with van der Waals surface area (Å²) >= 11 is 11.5. The predicted molar refractivity (Wildman–Crippen MR) is 165 cm³/mol. The van der Waals surface area contributed by atoms with Crippen LogP contribution < -0.4 is 0 Å². The Morgan fingerprint density at radius 2 is 1.11 bits per heavy atom. The third-order valence-electron chi connectivity index (χ3n) is 7.70. The molecule has 0 aliphatic heterocycles. The van der Waals surface area contributed by atoms with E-state index in [4.69, 9.17) is 0 Å². The Morgan fingerprint density at radius 3 is 1.49 bits per heavy atom. The second kappa shape index (κ2) is 8.81. The Balaban J connectivity index is 1.49. The van der Waals surface area contributed by atoms with Crippen LogP contribution in [0.4, 0.5) is 0 Å². The Kier molecular flexibility index (Phi) is 6.01. The normalized spacial score (nSPS) is 18.9. The fraction of sp³-hybridized carbons (Fsp3) is 0.200. The van der Waals surface area contributed by atoms with Crippen LogP contribution in [0.2, 0.25) is 13.1 Å². The maximum Gasteiger partial charge on any atom is 0.0722 e. The molecule has 0 nitrogen and oxygen atoms in total. The summed E-state index contributed by atoms with van der Waals surface area (Å²) in [4.78, 5) is 2.67. The Bertz CT molecular complexity index is 1390. The molecule has 2 heterocycles. The van der Waals surface area contributed by atoms with Crippen molar-refractivity contribution in [3.05, 3.63) is 102 Å². The number of rotatable bonds is 4. The molecule has 2 aliphatic rings. The molecule has 0 fully saturated rings. The molecule has 2 atom stereocenters. The van der Waals surface area contributed by atoms with Gasteiger partial charge in [-0.05, 0) is 94.4 Å². The van der Waals surface area contributed by atoms with Crippen molar-refractivity contribution in [3.8, 4) is 20.9 Å². The number of benzene rings is 2. The van der Waals surface area contributed by atoms with Crippen molar-refractivity contribution in [1.29, 1.82) is 0 Å². The lowest BCUT2D eigenvalue weighted by molar-refractivity contribution is 0.968. The molecule has 4 aromatic rings. The molecule has 35 heavy (non-hydrogen) atoms. The smallest absolute Gasteiger partial charge is 0.0722 e. The van der Waals surface area contributed by atoms with Crippen LogP contribution in [0.1, 0.15) is 47.2 Å². The maximum absolute atomic E-state index is 3.93. The van der Waals surface area contributed by atoms with Gasteiger partial charge in [0, 0.05) is 29.8 Å². The largest absolute Gasteiger partial charge is 0.144 e. The van der Waals surface area contributed by atoms with E-state index in [2.05, 4.69) is 130 Å². The zero-order valence-electron chi connectivity index (χ0n) is 20.2. The van der Waals surface area contributed by atoms with E-state index in [0.29, 0.717) is 11.1 Å². The lowest BCUT2D eigenvalue weighted by Gasteiger charge is -2.39. The molecule has 5 heteroatoms. The van der Waals surface area contributed by atoms with E-state index in [0.717, 1.165) is 0 Å². The molecule has 2 aromatic carbocycles. The van der Waals surface area contributed by atoms with E-state index in [1.807, 2.05) is 22.7 Å². The molecule has 2 aromatic heterocycles. The highest BCUT2D eigenvalue weighted by molar-refractivity contribution is 9.10. The van der Waals surface area contributed by atoms with Gasteiger partial charge in [0.2, 0.25) is 0 Å². The van der Waals surface area contributed by atoms with Gasteiger partial charge in [0.15, 0.2) is 0 Å². The SMILES string of the molecule is CC1=Cc2c(Br)cc(-c3cccs3)cc2C1[Si](C)(C)C1C(C)=Cc2c(Br)cc(-c3cccs3)cc21. The van der Waals surface area contributed by atoms with Gasteiger partial charge >= 0.3 is 0 Å². The second-order valence-corrected chi connectivity index (χ2v) is 18.7. The summed E-state index contributed by atoms with van der Waals surface area (Å²) in [6.45, 7) is 9.92. The van der Waals surface area contributed by atoms with Gasteiger partial charge in [-0.15, -0.1) is 22.7 Å². The Labute approximate surface area is 233 Å². The molecule has 0 spiro atoms. The molecular weight excluding hydrogens is 612 g/mol. The van der Waals surface area contributed by atoms with Crippen molar-refractivity contribution in [2.45, 2.75) is 38.0 Å². The minimum absolute atomic E-state index is 0.484. The van der Waals surface area contributed by atoms with E-state index in [9.17, 15) is 0 Å². The highest BCUT2D eigenvalue weighted by atomic mass is 79.9. The first-order valence-electron chi connectivity index (χ1n) is 11.9. The van der Waals surface area contributed by atoms with Crippen molar-refractivity contribution in [3.63, 3.8) is 0 Å². The molecule has 2 aliphatic carbocycles. The molecule has 0 amide bonds. The van der Waals surface area contributed by atoms with E-state index < -0.39 is 8.07 Å². The third-order valence-corrected chi connectivity index (χ3v) is 15.4. The molecule has 176 valence electrons. The fourth-order valence-electron chi connectivity index (χ4n) is 6.48. The topological polar surface area (TPSA) is 0 Å². The van der Waals surface area contributed by atoms with Gasteiger partial charge < -0.3 is 0 Å². The van der Waals surface area contributed by atoms with Crippen molar-refractivity contribution >= 4 is 74.8 Å². The van der Waals surface area contributed by atoms with Crippen LogP contribution in [0.25, 0.3) is 33.0 Å². The molecule has 0 saturated carbocycles. The number of fused-ring (bicyclic) bond motifs is 2. The third kappa shape index (κ3) is 3.86. The number of allylic oxidation sites excluding steroid dienone is 2. The van der Waals surface area contributed by atoms with Gasteiger partial charge in [-0.3, -0.25) is 0 Å². The van der Waals surface area contributed by atoms with Crippen molar-refractivity contribution in [2.24, 2.45) is 0 Å². The van der Waals surface area contributed by atoms with Crippen molar-refractivity contribution < 1.29 is 0 Å². The Morgan fingerprint density at radius 1 is 0.686 bits per heavy atom. The van der Waals surface area contributed by atoms with Gasteiger partial charge in [0.25, 0.3) is 0 Å². The lowest BCUT2D eigenvalue weighted by atomic mass is 10.0. The van der Waals surface area contributed by atoms with E-state index in [1.54, 1.807) is 0 Å². The van der Waals surface area contributed by atoms with E-state index >= 15 is 0 Å². The van der Waals surface area contributed by atoms with Gasteiger partial charge in [0.1, 0.15) is 0 Å². The summed E-state index contributed by atoms with van der Waals surface area (Å²) in [5.41, 5.74) is 12.4. The van der Waals surface area contributed by atoms with E-state index in [-0.39, 0.29) is 0 Å². The average Bonchev–Trinajstić information content (AvgIpc) is 3.59. The summed E-state index contributed by atoms with van der Waals surface area (Å²) in [6.07, 6.45) is 4.87. The number of thiophene rings is 2. The van der Waals surface area contributed by atoms with Crippen LogP contribution in [0.3, 0.4) is 0 Å². The molecule has 0 bridgehead atoms. The first kappa shape index (κ1) is 23.9. The first-order chi connectivity index (χ1) is 16.8. The van der Waals surface area contributed by atoms with Gasteiger partial charge in [-0.1, -0.05) is 80.4 Å². The number of halogens is 2. The summed E-state index contributed by atoms with van der Waals surface area (Å²) in [5.74, 6) is 0. The minimum Gasteiger partial charge on any atom is -0.144 e. The fourth-order valence-corrected chi connectivity index (χ4v) is 14.0. The predicted octanol–water partition coefficient (Wildman–Crippen LogP) is 11.2. The van der Waals surface area contributed by atoms with Gasteiger partial charge in [-0.2, -0.15) is 0 Å². The first-order valence-corrected chi connectivity index (χ1v) is 18.4. The van der Waals surface area contributed by atoms with Gasteiger partial charge in [-0.25, -0.2) is 0 Å². The molecular formula is C30H26Br2S2Si. The summed E-state index contributed by atoms with van der Waals surface area (Å²) < 4.78 is 2.43. The standard InChI is InChI=1S/C30H26Br2S2Si/c1-17-11-21-23(13-19(15-25(21)31)27-7-5-9-33-27)29(17)35(3,4)30-18(2)12-22-24(30)14-20(16-26(22)32)28-8-6-10-34-28/h5-16,29-30H,1-4H3. The minimum atomic E-state index is -1.90. The second-order valence-electron chi connectivity index (χ2n) is 10.3. The lowest BCUT2D eigenvalue weighted by Crippen LogP contribution is -2.42. The zero-order valence-corrected chi connectivity index (χ0v) is 26.0. The summed E-state index contributed by atoms with van der Waals surface area (Å²) in [6, 6.07) is 18.3. The molecule has 2 unspecified atom stereocenters. The zero-order chi connectivity index (χ0) is 24.5. The Hall–Kier alpha value is -1.50. The molecule has 0 N–H and O–H groups in total. The van der Waals surface area contributed by atoms with Crippen molar-refractivity contribution in [2.75, 3.05) is 0 Å². The monoisotopic (exact) mass is 636 g/mol. The van der Waals surface area contributed by atoms with Crippen molar-refractivity contribution in [1.82, 2.24) is 0 Å². The highest BCUT2D eigenvalue weighted by Gasteiger charge is 2.47. The molecule has 0 radical (unpaired) electrons. The summed E-state index contributed by atoms with van der Waals surface area (Å²) in [5, 5.41) is 4.34. The van der Waals surface area contributed by atoms with Crippen LogP contribution in [0.15, 0.2) is 79.4 Å². The summed E-state index contributed by atoms with van der Waals surface area (Å²) in [7, 11) is -1.90. The number of hydrogen-bond acceptors (Lipinski definition) is 2. The van der Waals surface area contributed by atoms with E-state index in [1.165, 1.54) is 63.2 Å². The molecule has 6 rings (SSSR count).